The predicted octanol–water partition coefficient (Wildman–Crippen LogP) is 2.65. The van der Waals surface area contributed by atoms with E-state index in [1.54, 1.807) is 12.4 Å². The quantitative estimate of drug-likeness (QED) is 0.908. The molecule has 5 heteroatoms. The second-order valence-electron chi connectivity index (χ2n) is 4.99. The molecule has 1 saturated carbocycles. The highest BCUT2D eigenvalue weighted by atomic mass is 35.5. The molecule has 0 aromatic carbocycles. The number of aliphatic hydroxyl groups is 1. The van der Waals surface area contributed by atoms with Crippen molar-refractivity contribution in [1.82, 2.24) is 14.4 Å². The van der Waals surface area contributed by atoms with Crippen molar-refractivity contribution in [2.45, 2.75) is 31.6 Å². The molecular formula is C13H16ClN3O. The van der Waals surface area contributed by atoms with Crippen molar-refractivity contribution in [1.29, 1.82) is 0 Å². The van der Waals surface area contributed by atoms with Crippen LogP contribution in [0.5, 0.6) is 0 Å². The van der Waals surface area contributed by atoms with Gasteiger partial charge in [0.15, 0.2) is 5.15 Å². The number of imidazole rings is 1. The number of hydrogen-bond acceptors (Lipinski definition) is 3. The van der Waals surface area contributed by atoms with Gasteiger partial charge in [-0.25, -0.2) is 9.97 Å². The maximum absolute atomic E-state index is 9.17. The Kier molecular flexibility index (Phi) is 3.22. The van der Waals surface area contributed by atoms with E-state index in [1.807, 2.05) is 10.6 Å². The lowest BCUT2D eigenvalue weighted by Gasteiger charge is -2.26. The molecule has 1 N–H and O–H groups in total. The fourth-order valence-corrected chi connectivity index (χ4v) is 3.02. The summed E-state index contributed by atoms with van der Waals surface area (Å²) in [6.45, 7) is 0.310. The smallest absolute Gasteiger partial charge is 0.154 e. The van der Waals surface area contributed by atoms with Crippen LogP contribution in [0.15, 0.2) is 18.6 Å². The third kappa shape index (κ3) is 1.99. The lowest BCUT2D eigenvalue weighted by molar-refractivity contribution is 0.181. The Morgan fingerprint density at radius 2 is 2.06 bits per heavy atom. The third-order valence-corrected chi connectivity index (χ3v) is 4.20. The number of hydrogen-bond donors (Lipinski definition) is 1. The van der Waals surface area contributed by atoms with Gasteiger partial charge in [0.1, 0.15) is 11.3 Å². The Morgan fingerprint density at radius 3 is 2.78 bits per heavy atom. The molecule has 0 saturated heterocycles. The number of nitrogens with zero attached hydrogens (tertiary/aromatic N) is 3. The third-order valence-electron chi connectivity index (χ3n) is 3.91. The normalized spacial score (nSPS) is 24.6. The molecule has 0 radical (unpaired) electrons. The number of halogens is 1. The SMILES string of the molecule is OCC1CCC(c2ncc3c(Cl)nccn23)CC1. The molecule has 1 aliphatic rings. The Labute approximate surface area is 111 Å². The van der Waals surface area contributed by atoms with Gasteiger partial charge in [-0.05, 0) is 31.6 Å². The maximum atomic E-state index is 9.17. The number of aromatic nitrogens is 3. The fourth-order valence-electron chi connectivity index (χ4n) is 2.82. The number of aliphatic hydroxyl groups excluding tert-OH is 1. The lowest BCUT2D eigenvalue weighted by atomic mass is 9.82. The van der Waals surface area contributed by atoms with Gasteiger partial charge in [-0.1, -0.05) is 11.6 Å². The van der Waals surface area contributed by atoms with Gasteiger partial charge in [0, 0.05) is 24.9 Å². The molecule has 0 amide bonds. The summed E-state index contributed by atoms with van der Waals surface area (Å²) in [6, 6.07) is 0. The molecule has 1 aliphatic carbocycles. The highest BCUT2D eigenvalue weighted by Crippen LogP contribution is 2.35. The lowest BCUT2D eigenvalue weighted by Crippen LogP contribution is -2.17. The molecule has 96 valence electrons. The summed E-state index contributed by atoms with van der Waals surface area (Å²) < 4.78 is 2.04. The van der Waals surface area contributed by atoms with Crippen LogP contribution in [0.25, 0.3) is 5.52 Å². The zero-order valence-electron chi connectivity index (χ0n) is 10.1. The van der Waals surface area contributed by atoms with Gasteiger partial charge in [0.25, 0.3) is 0 Å². The average Bonchev–Trinajstić information content (AvgIpc) is 2.84. The first-order valence-electron chi connectivity index (χ1n) is 6.38. The Hall–Kier alpha value is -1.13. The molecule has 0 spiro atoms. The van der Waals surface area contributed by atoms with Crippen LogP contribution in [0.3, 0.4) is 0 Å². The van der Waals surface area contributed by atoms with E-state index in [2.05, 4.69) is 9.97 Å². The second-order valence-corrected chi connectivity index (χ2v) is 5.35. The first kappa shape index (κ1) is 11.9. The van der Waals surface area contributed by atoms with Gasteiger partial charge in [0.05, 0.1) is 6.20 Å². The Balaban J connectivity index is 1.89. The van der Waals surface area contributed by atoms with Crippen molar-refractivity contribution in [3.05, 3.63) is 29.6 Å². The van der Waals surface area contributed by atoms with Crippen LogP contribution in [-0.2, 0) is 0 Å². The van der Waals surface area contributed by atoms with Crippen molar-refractivity contribution in [2.24, 2.45) is 5.92 Å². The largest absolute Gasteiger partial charge is 0.396 e. The number of fused-ring (bicyclic) bond motifs is 1. The Morgan fingerprint density at radius 1 is 1.28 bits per heavy atom. The molecule has 2 heterocycles. The van der Waals surface area contributed by atoms with E-state index < -0.39 is 0 Å². The van der Waals surface area contributed by atoms with E-state index in [0.717, 1.165) is 37.0 Å². The van der Waals surface area contributed by atoms with Crippen LogP contribution >= 0.6 is 11.6 Å². The van der Waals surface area contributed by atoms with E-state index in [9.17, 15) is 0 Å². The van der Waals surface area contributed by atoms with Crippen LogP contribution in [0, 0.1) is 5.92 Å². The molecule has 18 heavy (non-hydrogen) atoms. The number of rotatable bonds is 2. The van der Waals surface area contributed by atoms with E-state index >= 15 is 0 Å². The fraction of sp³-hybridized carbons (Fsp3) is 0.538. The van der Waals surface area contributed by atoms with Crippen molar-refractivity contribution in [3.8, 4) is 0 Å². The molecular weight excluding hydrogens is 250 g/mol. The van der Waals surface area contributed by atoms with Gasteiger partial charge < -0.3 is 5.11 Å². The Bertz CT molecular complexity index is 546. The standard InChI is InChI=1S/C13H16ClN3O/c14-12-11-7-16-13(17(11)6-5-15-12)10-3-1-9(8-18)2-4-10/h5-7,9-10,18H,1-4,8H2. The molecule has 1 fully saturated rings. The highest BCUT2D eigenvalue weighted by Gasteiger charge is 2.25. The summed E-state index contributed by atoms with van der Waals surface area (Å²) in [5.41, 5.74) is 0.874. The van der Waals surface area contributed by atoms with Crippen molar-refractivity contribution in [2.75, 3.05) is 6.61 Å². The van der Waals surface area contributed by atoms with Crippen LogP contribution < -0.4 is 0 Å². The van der Waals surface area contributed by atoms with Crippen molar-refractivity contribution < 1.29 is 5.11 Å². The van der Waals surface area contributed by atoms with Crippen LogP contribution in [0.1, 0.15) is 37.4 Å². The minimum absolute atomic E-state index is 0.310. The molecule has 0 atom stereocenters. The summed E-state index contributed by atoms with van der Waals surface area (Å²) in [5.74, 6) is 2.01. The minimum atomic E-state index is 0.310. The van der Waals surface area contributed by atoms with Crippen molar-refractivity contribution in [3.63, 3.8) is 0 Å². The van der Waals surface area contributed by atoms with Crippen LogP contribution in [0.4, 0.5) is 0 Å². The van der Waals surface area contributed by atoms with E-state index in [1.165, 1.54) is 0 Å². The molecule has 0 bridgehead atoms. The molecule has 0 aliphatic heterocycles. The van der Waals surface area contributed by atoms with Gasteiger partial charge in [-0.3, -0.25) is 4.40 Å². The monoisotopic (exact) mass is 265 g/mol. The summed E-state index contributed by atoms with van der Waals surface area (Å²) in [5, 5.41) is 9.67. The predicted molar refractivity (Wildman–Crippen MR) is 69.8 cm³/mol. The summed E-state index contributed by atoms with van der Waals surface area (Å²) in [6.07, 6.45) is 9.75. The molecule has 3 rings (SSSR count). The molecule has 2 aromatic heterocycles. The van der Waals surface area contributed by atoms with E-state index in [-0.39, 0.29) is 0 Å². The zero-order valence-corrected chi connectivity index (χ0v) is 10.8. The van der Waals surface area contributed by atoms with E-state index in [0.29, 0.717) is 23.6 Å². The minimum Gasteiger partial charge on any atom is -0.396 e. The van der Waals surface area contributed by atoms with Gasteiger partial charge >= 0.3 is 0 Å². The highest BCUT2D eigenvalue weighted by molar-refractivity contribution is 6.32. The van der Waals surface area contributed by atoms with Crippen molar-refractivity contribution >= 4 is 17.1 Å². The molecule has 2 aromatic rings. The zero-order chi connectivity index (χ0) is 12.5. The maximum Gasteiger partial charge on any atom is 0.154 e. The molecule has 0 unspecified atom stereocenters. The van der Waals surface area contributed by atoms with Gasteiger partial charge in [0.2, 0.25) is 0 Å². The van der Waals surface area contributed by atoms with Crippen LogP contribution in [0.2, 0.25) is 5.15 Å². The van der Waals surface area contributed by atoms with Gasteiger partial charge in [-0.2, -0.15) is 0 Å². The summed E-state index contributed by atoms with van der Waals surface area (Å²) in [7, 11) is 0. The topological polar surface area (TPSA) is 50.4 Å². The van der Waals surface area contributed by atoms with E-state index in [4.69, 9.17) is 16.7 Å². The second kappa shape index (κ2) is 4.86. The molecule has 4 nitrogen and oxygen atoms in total. The summed E-state index contributed by atoms with van der Waals surface area (Å²) in [4.78, 5) is 8.57. The summed E-state index contributed by atoms with van der Waals surface area (Å²) >= 11 is 6.05. The average molecular weight is 266 g/mol. The first-order chi connectivity index (χ1) is 8.79. The first-order valence-corrected chi connectivity index (χ1v) is 6.75. The van der Waals surface area contributed by atoms with Crippen LogP contribution in [-0.4, -0.2) is 26.1 Å². The van der Waals surface area contributed by atoms with Gasteiger partial charge in [-0.15, -0.1) is 0 Å².